The molecule has 1 unspecified atom stereocenters. The van der Waals surface area contributed by atoms with Crippen LogP contribution in [-0.4, -0.2) is 66.2 Å². The van der Waals surface area contributed by atoms with E-state index in [2.05, 4.69) is 0 Å². The summed E-state index contributed by atoms with van der Waals surface area (Å²) in [6, 6.07) is 3.98. The van der Waals surface area contributed by atoms with Crippen molar-refractivity contribution in [1.29, 1.82) is 0 Å². The lowest BCUT2D eigenvalue weighted by atomic mass is 10.0. The minimum atomic E-state index is -1.02. The average Bonchev–Trinajstić information content (AvgIpc) is 2.96. The van der Waals surface area contributed by atoms with Crippen molar-refractivity contribution in [3.63, 3.8) is 0 Å². The van der Waals surface area contributed by atoms with Crippen LogP contribution in [0.15, 0.2) is 47.0 Å². The van der Waals surface area contributed by atoms with Crippen molar-refractivity contribution in [3.8, 4) is 0 Å². The Bertz CT molecular complexity index is 1640. The Labute approximate surface area is 279 Å². The van der Waals surface area contributed by atoms with Gasteiger partial charge in [-0.2, -0.15) is 0 Å². The van der Waals surface area contributed by atoms with Crippen LogP contribution in [0.3, 0.4) is 0 Å². The second-order valence-corrected chi connectivity index (χ2v) is 11.7. The lowest BCUT2D eigenvalue weighted by molar-refractivity contribution is -0.138. The molecule has 3 aromatic rings. The summed E-state index contributed by atoms with van der Waals surface area (Å²) in [6.45, 7) is 5.15. The molecule has 0 fully saturated rings. The standard InChI is InChI=1S/C16H17FINO4.C14H14F2INO3/c1-3-9(8-20)19-7-11(16(22)23-4-2)15(21)10-5-13(18)12(17)6-14(10)19;1-4-21-14(20)9(7-18(2)3)13(19)8-5-12(17)11(16)6-10(8)15/h5-7,9,20H,3-4,8H2,1-2H3;5-7H,4H2,1-3H3/b;9-7-. The van der Waals surface area contributed by atoms with Gasteiger partial charge in [0, 0.05) is 45.1 Å². The lowest BCUT2D eigenvalue weighted by Crippen LogP contribution is -2.24. The van der Waals surface area contributed by atoms with Gasteiger partial charge in [-0.3, -0.25) is 9.59 Å². The van der Waals surface area contributed by atoms with Gasteiger partial charge in [-0.25, -0.2) is 22.8 Å². The third-order valence-corrected chi connectivity index (χ3v) is 7.68. The summed E-state index contributed by atoms with van der Waals surface area (Å²) in [5, 5.41) is 9.78. The fraction of sp³-hybridized carbons (Fsp3) is 0.333. The number of carbonyl (C=O) groups excluding carboxylic acids is 3. The molecule has 0 spiro atoms. The number of rotatable bonds is 10. The molecule has 1 N–H and O–H groups in total. The highest BCUT2D eigenvalue weighted by Gasteiger charge is 2.25. The molecule has 3 rings (SSSR count). The van der Waals surface area contributed by atoms with Crippen LogP contribution in [0.2, 0.25) is 0 Å². The van der Waals surface area contributed by atoms with Crippen molar-refractivity contribution in [3.05, 3.63) is 88.2 Å². The Balaban J connectivity index is 0.000000308. The number of esters is 2. The molecule has 0 aliphatic carbocycles. The number of aromatic nitrogens is 1. The van der Waals surface area contributed by atoms with E-state index in [-0.39, 0.29) is 55.1 Å². The number of aliphatic hydroxyl groups is 1. The second-order valence-electron chi connectivity index (χ2n) is 9.33. The zero-order valence-corrected chi connectivity index (χ0v) is 28.9. The quantitative estimate of drug-likeness (QED) is 0.0532. The third-order valence-electron chi connectivity index (χ3n) is 6.03. The summed E-state index contributed by atoms with van der Waals surface area (Å²) in [5.74, 6) is -4.67. The minimum Gasteiger partial charge on any atom is -0.462 e. The van der Waals surface area contributed by atoms with Gasteiger partial charge >= 0.3 is 11.9 Å². The molecule has 0 radical (unpaired) electrons. The van der Waals surface area contributed by atoms with E-state index in [0.29, 0.717) is 18.0 Å². The van der Waals surface area contributed by atoms with Crippen LogP contribution in [-0.2, 0) is 14.3 Å². The lowest BCUT2D eigenvalue weighted by Gasteiger charge is -2.20. The Morgan fingerprint density at radius 2 is 1.52 bits per heavy atom. The molecule has 44 heavy (non-hydrogen) atoms. The maximum Gasteiger partial charge on any atom is 0.343 e. The summed E-state index contributed by atoms with van der Waals surface area (Å²) >= 11 is 3.44. The molecule has 14 heteroatoms. The van der Waals surface area contributed by atoms with Crippen LogP contribution in [0.25, 0.3) is 10.9 Å². The van der Waals surface area contributed by atoms with Crippen LogP contribution < -0.4 is 5.43 Å². The number of carbonyl (C=O) groups is 3. The Hall–Kier alpha value is -2.99. The van der Waals surface area contributed by atoms with Gasteiger partial charge in [0.05, 0.1) is 36.9 Å². The van der Waals surface area contributed by atoms with Gasteiger partial charge in [-0.05, 0) is 83.6 Å². The zero-order chi connectivity index (χ0) is 33.3. The molecular weight excluding hydrogens is 811 g/mol. The average molecular weight is 842 g/mol. The summed E-state index contributed by atoms with van der Waals surface area (Å²) in [7, 11) is 3.22. The first-order valence-electron chi connectivity index (χ1n) is 13.3. The predicted octanol–water partition coefficient (Wildman–Crippen LogP) is 5.63. The highest BCUT2D eigenvalue weighted by molar-refractivity contribution is 14.1. The van der Waals surface area contributed by atoms with Crippen molar-refractivity contribution in [2.75, 3.05) is 33.9 Å². The first kappa shape index (κ1) is 37.2. The molecule has 1 aromatic heterocycles. The normalized spacial score (nSPS) is 11.8. The van der Waals surface area contributed by atoms with Crippen LogP contribution in [0.5, 0.6) is 0 Å². The Morgan fingerprint density at radius 1 is 0.932 bits per heavy atom. The van der Waals surface area contributed by atoms with E-state index in [1.54, 1.807) is 77.7 Å². The highest BCUT2D eigenvalue weighted by atomic mass is 127. The van der Waals surface area contributed by atoms with Crippen LogP contribution in [0.4, 0.5) is 13.2 Å². The first-order chi connectivity index (χ1) is 20.7. The van der Waals surface area contributed by atoms with Gasteiger partial charge in [0.15, 0.2) is 0 Å². The van der Waals surface area contributed by atoms with Gasteiger partial charge in [-0.1, -0.05) is 6.92 Å². The molecule has 1 atom stereocenters. The van der Waals surface area contributed by atoms with E-state index in [1.165, 1.54) is 29.4 Å². The smallest absolute Gasteiger partial charge is 0.343 e. The number of pyridine rings is 1. The van der Waals surface area contributed by atoms with E-state index in [0.717, 1.165) is 6.07 Å². The molecule has 0 bridgehead atoms. The SMILES string of the molecule is CCOC(=O)/C(=C\N(C)C)C(=O)c1cc(I)c(F)cc1F.CCOC(=O)c1cn(C(CC)CO)c2cc(F)c(I)cc2c1=O. The van der Waals surface area contributed by atoms with Gasteiger partial charge in [0.2, 0.25) is 11.2 Å². The van der Waals surface area contributed by atoms with Crippen molar-refractivity contribution >= 4 is 73.8 Å². The molecular formula is C30H31F3I2N2O7. The number of halogens is 5. The zero-order valence-electron chi connectivity index (χ0n) is 24.6. The molecule has 0 saturated heterocycles. The monoisotopic (exact) mass is 842 g/mol. The van der Waals surface area contributed by atoms with E-state index >= 15 is 0 Å². The van der Waals surface area contributed by atoms with E-state index < -0.39 is 40.6 Å². The summed E-state index contributed by atoms with van der Waals surface area (Å²) in [4.78, 5) is 50.2. The summed E-state index contributed by atoms with van der Waals surface area (Å²) < 4.78 is 52.6. The molecule has 9 nitrogen and oxygen atoms in total. The summed E-state index contributed by atoms with van der Waals surface area (Å²) in [5.41, 5.74) is -0.957. The molecule has 0 aliphatic rings. The van der Waals surface area contributed by atoms with Crippen molar-refractivity contribution in [2.24, 2.45) is 0 Å². The van der Waals surface area contributed by atoms with Crippen molar-refractivity contribution in [2.45, 2.75) is 33.2 Å². The van der Waals surface area contributed by atoms with Crippen LogP contribution >= 0.6 is 45.2 Å². The number of ether oxygens (including phenoxy) is 2. The Morgan fingerprint density at radius 3 is 2.07 bits per heavy atom. The topological polar surface area (TPSA) is 115 Å². The Kier molecular flexibility index (Phi) is 14.3. The molecule has 0 saturated carbocycles. The summed E-state index contributed by atoms with van der Waals surface area (Å²) in [6.07, 6.45) is 3.15. The number of nitrogens with zero attached hydrogens (tertiary/aromatic N) is 2. The van der Waals surface area contributed by atoms with E-state index in [9.17, 15) is 37.5 Å². The first-order valence-corrected chi connectivity index (χ1v) is 15.4. The van der Waals surface area contributed by atoms with E-state index in [4.69, 9.17) is 9.47 Å². The molecule has 0 aliphatic heterocycles. The maximum atomic E-state index is 13.9. The van der Waals surface area contributed by atoms with Crippen molar-refractivity contribution < 1.29 is 42.1 Å². The van der Waals surface area contributed by atoms with Gasteiger partial charge in [0.1, 0.15) is 28.6 Å². The predicted molar refractivity (Wildman–Crippen MR) is 175 cm³/mol. The minimum absolute atomic E-state index is 0.0836. The van der Waals surface area contributed by atoms with Crippen LogP contribution in [0.1, 0.15) is 53.9 Å². The number of ketones is 1. The molecule has 238 valence electrons. The second kappa shape index (κ2) is 16.9. The molecule has 0 amide bonds. The number of Topliss-reactive ketones (excluding diaryl/α,β-unsaturated/α-hetero) is 1. The number of fused-ring (bicyclic) bond motifs is 1. The van der Waals surface area contributed by atoms with Gasteiger partial charge in [-0.15, -0.1) is 0 Å². The largest absolute Gasteiger partial charge is 0.462 e. The fourth-order valence-corrected chi connectivity index (χ4v) is 4.86. The number of hydrogen-bond donors (Lipinski definition) is 1. The number of aliphatic hydroxyl groups excluding tert-OH is 1. The van der Waals surface area contributed by atoms with Crippen molar-refractivity contribution in [1.82, 2.24) is 9.47 Å². The fourth-order valence-electron chi connectivity index (χ4n) is 3.93. The maximum absolute atomic E-state index is 13.9. The third kappa shape index (κ3) is 9.03. The van der Waals surface area contributed by atoms with Crippen LogP contribution in [0, 0.1) is 24.6 Å². The number of hydrogen-bond acceptors (Lipinski definition) is 8. The van der Waals surface area contributed by atoms with Gasteiger partial charge in [0.25, 0.3) is 0 Å². The molecule has 2 aromatic carbocycles. The van der Waals surface area contributed by atoms with Gasteiger partial charge < -0.3 is 24.0 Å². The number of benzene rings is 2. The molecule has 1 heterocycles. The highest BCUT2D eigenvalue weighted by Crippen LogP contribution is 2.24. The van der Waals surface area contributed by atoms with E-state index in [1.807, 2.05) is 6.92 Å².